The van der Waals surface area contributed by atoms with Gasteiger partial charge in [-0.3, -0.25) is 9.99 Å². The molecule has 2 aliphatic rings. The van der Waals surface area contributed by atoms with Crippen LogP contribution in [-0.2, 0) is 0 Å². The maximum atomic E-state index is 13.9. The summed E-state index contributed by atoms with van der Waals surface area (Å²) in [5.41, 5.74) is 11.9. The van der Waals surface area contributed by atoms with Gasteiger partial charge in [0, 0.05) is 41.6 Å². The molecule has 1 unspecified atom stereocenters. The maximum Gasteiger partial charge on any atom is 0.136 e. The molecular weight excluding hydrogens is 505 g/mol. The van der Waals surface area contributed by atoms with Crippen LogP contribution >= 0.6 is 0 Å². The summed E-state index contributed by atoms with van der Waals surface area (Å²) in [4.78, 5) is 4.68. The van der Waals surface area contributed by atoms with Gasteiger partial charge in [-0.2, -0.15) is 5.26 Å². The van der Waals surface area contributed by atoms with Crippen molar-refractivity contribution in [2.45, 2.75) is 45.7 Å². The Hall–Kier alpha value is -4.55. The minimum Gasteiger partial charge on any atom is -0.464 e. The van der Waals surface area contributed by atoms with Crippen LogP contribution in [0.15, 0.2) is 77.3 Å². The van der Waals surface area contributed by atoms with Crippen molar-refractivity contribution >= 4 is 22.3 Å². The van der Waals surface area contributed by atoms with E-state index in [1.165, 1.54) is 12.1 Å². The van der Waals surface area contributed by atoms with Crippen LogP contribution in [0, 0.1) is 22.6 Å². The van der Waals surface area contributed by atoms with Crippen LogP contribution in [0.2, 0.25) is 0 Å². The summed E-state index contributed by atoms with van der Waals surface area (Å²) in [5.74, 6) is 0.384. The molecule has 2 aromatic heterocycles. The lowest BCUT2D eigenvalue weighted by atomic mass is 9.96. The van der Waals surface area contributed by atoms with Gasteiger partial charge in [0.15, 0.2) is 0 Å². The fourth-order valence-corrected chi connectivity index (χ4v) is 4.84. The summed E-state index contributed by atoms with van der Waals surface area (Å²) in [7, 11) is 0. The third-order valence-electron chi connectivity index (χ3n) is 7.05. The number of nitriles is 1. The number of benzene rings is 2. The van der Waals surface area contributed by atoms with E-state index in [1.54, 1.807) is 24.6 Å². The van der Waals surface area contributed by atoms with Crippen LogP contribution in [-0.4, -0.2) is 22.6 Å². The third kappa shape index (κ3) is 5.31. The Morgan fingerprint density at radius 2 is 2.00 bits per heavy atom. The molecule has 40 heavy (non-hydrogen) atoms. The monoisotopic (exact) mass is 537 g/mol. The van der Waals surface area contributed by atoms with E-state index in [2.05, 4.69) is 64.6 Å². The number of halogens is 1. The molecule has 4 aromatic rings. The third-order valence-corrected chi connectivity index (χ3v) is 7.05. The average Bonchev–Trinajstić information content (AvgIpc) is 3.42. The van der Waals surface area contributed by atoms with Crippen LogP contribution in [0.1, 0.15) is 50.8 Å². The predicted molar refractivity (Wildman–Crippen MR) is 154 cm³/mol. The Morgan fingerprint density at radius 1 is 1.20 bits per heavy atom. The highest BCUT2D eigenvalue weighted by atomic mass is 19.1. The molecule has 0 amide bonds. The summed E-state index contributed by atoms with van der Waals surface area (Å²) in [6.45, 7) is 7.11. The first-order valence-corrected chi connectivity index (χ1v) is 13.5. The van der Waals surface area contributed by atoms with E-state index in [4.69, 9.17) is 4.42 Å². The summed E-state index contributed by atoms with van der Waals surface area (Å²) in [6, 6.07) is 16.7. The zero-order chi connectivity index (χ0) is 27.9. The average molecular weight is 538 g/mol. The van der Waals surface area contributed by atoms with Crippen LogP contribution in [0.5, 0.6) is 0 Å². The number of fused-ring (bicyclic) bond motifs is 1. The van der Waals surface area contributed by atoms with Crippen LogP contribution < -0.4 is 21.6 Å². The Balaban J connectivity index is 1.48. The first-order valence-electron chi connectivity index (χ1n) is 13.5. The molecule has 1 saturated carbocycles. The molecule has 2 aromatic carbocycles. The number of nitrogens with zero attached hydrogens (tertiary/aromatic N) is 3. The molecule has 4 N–H and O–H groups in total. The fraction of sp³-hybridized carbons (Fsp3) is 0.290. The molecule has 1 aliphatic heterocycles. The topological polar surface area (TPSA) is 101 Å². The first-order chi connectivity index (χ1) is 19.3. The zero-order valence-corrected chi connectivity index (χ0v) is 22.8. The number of hydrogen-bond acceptors (Lipinski definition) is 8. The standard InChI is InChI=1S/C31H32FN7O/c1-31(2,3)18-35-28-20(15-33)16-34-30-24(27-5-4-12-40-27)13-22(14-25(28)30)36-29(19-6-8-21(32)9-7-19)26-17-39(38-37-26)23-10-11-23/h4-9,12-14,16-17,23,29,36-38H,10-11,18H2,1-3H3,(H,34,35). The van der Waals surface area contributed by atoms with Gasteiger partial charge in [-0.1, -0.05) is 32.9 Å². The van der Waals surface area contributed by atoms with E-state index in [9.17, 15) is 9.65 Å². The lowest BCUT2D eigenvalue weighted by Gasteiger charge is -2.24. The molecule has 3 heterocycles. The molecular formula is C31H32FN7O. The Morgan fingerprint density at radius 3 is 2.67 bits per heavy atom. The SMILES string of the molecule is CC(C)(C)CNc1c(C#N)cnc2c(-c3ccco3)cc(NC(C3=CN(C4CC4)NN3)c3ccc(F)cc3)cc12. The van der Waals surface area contributed by atoms with Gasteiger partial charge in [-0.15, -0.1) is 5.53 Å². The first kappa shape index (κ1) is 25.7. The van der Waals surface area contributed by atoms with Gasteiger partial charge >= 0.3 is 0 Å². The van der Waals surface area contributed by atoms with Crippen molar-refractivity contribution < 1.29 is 8.81 Å². The number of pyridine rings is 1. The van der Waals surface area contributed by atoms with Gasteiger partial charge in [0.1, 0.15) is 17.6 Å². The molecule has 1 fully saturated rings. The molecule has 1 aliphatic carbocycles. The van der Waals surface area contributed by atoms with Gasteiger partial charge in [-0.05, 0) is 60.2 Å². The van der Waals surface area contributed by atoms with Crippen LogP contribution in [0.4, 0.5) is 15.8 Å². The minimum atomic E-state index is -0.308. The van der Waals surface area contributed by atoms with Crippen molar-refractivity contribution in [3.63, 3.8) is 0 Å². The van der Waals surface area contributed by atoms with Crippen molar-refractivity contribution in [3.05, 3.63) is 89.8 Å². The predicted octanol–water partition coefficient (Wildman–Crippen LogP) is 6.45. The van der Waals surface area contributed by atoms with Gasteiger partial charge in [0.2, 0.25) is 0 Å². The van der Waals surface area contributed by atoms with E-state index >= 15 is 0 Å². The Bertz CT molecular complexity index is 1600. The highest BCUT2D eigenvalue weighted by Crippen LogP contribution is 2.39. The normalized spacial score (nSPS) is 15.9. The quantitative estimate of drug-likeness (QED) is 0.204. The number of rotatable bonds is 8. The molecule has 6 rings (SSSR count). The Labute approximate surface area is 232 Å². The van der Waals surface area contributed by atoms with Crippen molar-refractivity contribution in [2.75, 3.05) is 17.2 Å². The molecule has 1 atom stereocenters. The molecule has 8 nitrogen and oxygen atoms in total. The summed E-state index contributed by atoms with van der Waals surface area (Å²) < 4.78 is 19.7. The number of anilines is 2. The second-order valence-corrected chi connectivity index (χ2v) is 11.6. The lowest BCUT2D eigenvalue weighted by molar-refractivity contribution is 0.260. The number of nitrogens with one attached hydrogen (secondary N) is 4. The highest BCUT2D eigenvalue weighted by molar-refractivity contribution is 6.03. The highest BCUT2D eigenvalue weighted by Gasteiger charge is 2.32. The van der Waals surface area contributed by atoms with E-state index in [0.717, 1.165) is 51.9 Å². The molecule has 9 heteroatoms. The largest absolute Gasteiger partial charge is 0.464 e. The fourth-order valence-electron chi connectivity index (χ4n) is 4.84. The molecule has 204 valence electrons. The Kier molecular flexibility index (Phi) is 6.56. The number of aromatic nitrogens is 1. The maximum absolute atomic E-state index is 13.9. The minimum absolute atomic E-state index is 0.00323. The van der Waals surface area contributed by atoms with E-state index in [0.29, 0.717) is 23.9 Å². The van der Waals surface area contributed by atoms with E-state index in [-0.39, 0.29) is 17.3 Å². The molecule has 0 radical (unpaired) electrons. The molecule has 0 spiro atoms. The van der Waals surface area contributed by atoms with Crippen molar-refractivity contribution in [1.29, 1.82) is 5.26 Å². The van der Waals surface area contributed by atoms with Crippen molar-refractivity contribution in [2.24, 2.45) is 5.41 Å². The second kappa shape index (κ2) is 10.2. The van der Waals surface area contributed by atoms with Gasteiger partial charge < -0.3 is 20.5 Å². The van der Waals surface area contributed by atoms with Gasteiger partial charge in [0.05, 0.1) is 34.8 Å². The summed E-state index contributed by atoms with van der Waals surface area (Å²) in [5, 5.41) is 20.0. The van der Waals surface area contributed by atoms with E-state index in [1.807, 2.05) is 24.3 Å². The van der Waals surface area contributed by atoms with E-state index < -0.39 is 0 Å². The smallest absolute Gasteiger partial charge is 0.136 e. The number of furan rings is 1. The molecule has 0 bridgehead atoms. The number of hydrogen-bond donors (Lipinski definition) is 4. The summed E-state index contributed by atoms with van der Waals surface area (Å²) >= 11 is 0. The van der Waals surface area contributed by atoms with Crippen LogP contribution in [0.3, 0.4) is 0 Å². The van der Waals surface area contributed by atoms with Gasteiger partial charge in [0.25, 0.3) is 0 Å². The van der Waals surface area contributed by atoms with Crippen molar-refractivity contribution in [1.82, 2.24) is 21.0 Å². The zero-order valence-electron chi connectivity index (χ0n) is 22.8. The second-order valence-electron chi connectivity index (χ2n) is 11.6. The number of hydrazine groups is 2. The lowest BCUT2D eigenvalue weighted by Crippen LogP contribution is -2.38. The van der Waals surface area contributed by atoms with Gasteiger partial charge in [-0.25, -0.2) is 4.39 Å². The van der Waals surface area contributed by atoms with Crippen LogP contribution in [0.25, 0.3) is 22.2 Å². The summed E-state index contributed by atoms with van der Waals surface area (Å²) in [6.07, 6.45) is 7.60. The van der Waals surface area contributed by atoms with Crippen molar-refractivity contribution in [3.8, 4) is 17.4 Å². The molecule has 0 saturated heterocycles.